The Labute approximate surface area is 117 Å². The van der Waals surface area contributed by atoms with Crippen LogP contribution in [0.1, 0.15) is 33.1 Å². The van der Waals surface area contributed by atoms with Crippen molar-refractivity contribution in [1.82, 2.24) is 5.32 Å². The van der Waals surface area contributed by atoms with Crippen LogP contribution in [0.15, 0.2) is 48.6 Å². The van der Waals surface area contributed by atoms with Crippen molar-refractivity contribution in [3.63, 3.8) is 0 Å². The van der Waals surface area contributed by atoms with Gasteiger partial charge in [-0.05, 0) is 18.4 Å². The molecule has 1 aliphatic rings. The van der Waals surface area contributed by atoms with E-state index in [2.05, 4.69) is 38.4 Å². The van der Waals surface area contributed by atoms with Crippen LogP contribution in [-0.4, -0.2) is 18.3 Å². The Hall–Kier alpha value is -1.41. The van der Waals surface area contributed by atoms with Gasteiger partial charge in [-0.15, -0.1) is 0 Å². The first kappa shape index (κ1) is 15.6. The van der Waals surface area contributed by atoms with Gasteiger partial charge in [0.1, 0.15) is 0 Å². The van der Waals surface area contributed by atoms with Crippen molar-refractivity contribution in [1.29, 1.82) is 5.41 Å². The summed E-state index contributed by atoms with van der Waals surface area (Å²) >= 11 is 0. The third kappa shape index (κ3) is 5.39. The highest BCUT2D eigenvalue weighted by Gasteiger charge is 2.21. The van der Waals surface area contributed by atoms with E-state index in [1.807, 2.05) is 12.2 Å². The molecule has 0 aromatic carbocycles. The normalized spacial score (nSPS) is 22.9. The molecule has 0 aromatic heterocycles. The highest BCUT2D eigenvalue weighted by atomic mass is 14.9. The van der Waals surface area contributed by atoms with Crippen LogP contribution in [0.2, 0.25) is 0 Å². The molecule has 2 heteroatoms. The lowest BCUT2D eigenvalue weighted by Gasteiger charge is -2.26. The quantitative estimate of drug-likeness (QED) is 0.693. The molecule has 1 atom stereocenters. The Morgan fingerprint density at radius 3 is 2.74 bits per heavy atom. The Morgan fingerprint density at radius 1 is 1.47 bits per heavy atom. The lowest BCUT2D eigenvalue weighted by atomic mass is 9.83. The molecule has 0 amide bonds. The summed E-state index contributed by atoms with van der Waals surface area (Å²) < 4.78 is 0. The lowest BCUT2D eigenvalue weighted by molar-refractivity contribution is 0.489. The van der Waals surface area contributed by atoms with Gasteiger partial charge in [0.2, 0.25) is 0 Å². The molecule has 1 rings (SSSR count). The second-order valence-electron chi connectivity index (χ2n) is 5.41. The van der Waals surface area contributed by atoms with E-state index in [-0.39, 0.29) is 0 Å². The first-order chi connectivity index (χ1) is 9.06. The second kappa shape index (κ2) is 7.90. The summed E-state index contributed by atoms with van der Waals surface area (Å²) in [6.45, 7) is 12.7. The fraction of sp³-hybridized carbons (Fsp3) is 0.471. The van der Waals surface area contributed by atoms with E-state index in [9.17, 15) is 0 Å². The minimum Gasteiger partial charge on any atom is -0.314 e. The Bertz CT molecular complexity index is 399. The topological polar surface area (TPSA) is 35.9 Å². The third-order valence-electron chi connectivity index (χ3n) is 3.41. The van der Waals surface area contributed by atoms with E-state index in [1.165, 1.54) is 5.57 Å². The number of hydrogen-bond donors (Lipinski definition) is 2. The fourth-order valence-corrected chi connectivity index (χ4v) is 2.28. The minimum absolute atomic E-state index is 0.398. The van der Waals surface area contributed by atoms with Gasteiger partial charge in [0.05, 0.1) is 0 Å². The van der Waals surface area contributed by atoms with Crippen LogP contribution in [0.4, 0.5) is 0 Å². The summed E-state index contributed by atoms with van der Waals surface area (Å²) in [6.07, 6.45) is 10.7. The van der Waals surface area contributed by atoms with Crippen molar-refractivity contribution in [2.75, 3.05) is 6.54 Å². The molecular weight excluding hydrogens is 232 g/mol. The van der Waals surface area contributed by atoms with Gasteiger partial charge in [-0.3, -0.25) is 0 Å². The summed E-state index contributed by atoms with van der Waals surface area (Å²) in [6, 6.07) is 0.493. The Kier molecular flexibility index (Phi) is 6.51. The molecule has 0 aromatic rings. The van der Waals surface area contributed by atoms with Crippen LogP contribution in [0.25, 0.3) is 0 Å². The van der Waals surface area contributed by atoms with Crippen LogP contribution >= 0.6 is 0 Å². The summed E-state index contributed by atoms with van der Waals surface area (Å²) in [5.74, 6) is 0.398. The summed E-state index contributed by atoms with van der Waals surface area (Å²) in [5.41, 5.74) is 3.27. The van der Waals surface area contributed by atoms with Gasteiger partial charge < -0.3 is 10.7 Å². The average molecular weight is 258 g/mol. The van der Waals surface area contributed by atoms with Crippen LogP contribution in [0.3, 0.4) is 0 Å². The van der Waals surface area contributed by atoms with E-state index in [0.717, 1.165) is 37.1 Å². The van der Waals surface area contributed by atoms with Crippen molar-refractivity contribution < 1.29 is 0 Å². The van der Waals surface area contributed by atoms with Crippen LogP contribution in [-0.2, 0) is 0 Å². The largest absolute Gasteiger partial charge is 0.314 e. The van der Waals surface area contributed by atoms with Gasteiger partial charge in [0.25, 0.3) is 0 Å². The Morgan fingerprint density at radius 2 is 2.21 bits per heavy atom. The standard InChI is InChI=1S/C17H26N2/c1-5-7-14(6-2)10-15-8-9-16(17(18)11-15)12-19-13(3)4/h5-7,10,13,16,18-19H,1-2,8-9,11-12H2,3-4H3/b14-7+,15-10+,18-17?. The minimum atomic E-state index is 0.398. The van der Waals surface area contributed by atoms with E-state index in [0.29, 0.717) is 12.0 Å². The molecule has 0 bridgehead atoms. The molecule has 1 aliphatic carbocycles. The molecule has 2 nitrogen and oxygen atoms in total. The average Bonchev–Trinajstić information content (AvgIpc) is 2.37. The van der Waals surface area contributed by atoms with Gasteiger partial charge in [-0.1, -0.05) is 56.9 Å². The fourth-order valence-electron chi connectivity index (χ4n) is 2.28. The maximum absolute atomic E-state index is 8.18. The lowest BCUT2D eigenvalue weighted by Crippen LogP contribution is -2.34. The zero-order chi connectivity index (χ0) is 14.3. The molecule has 104 valence electrons. The number of allylic oxidation sites excluding steroid dienone is 6. The van der Waals surface area contributed by atoms with Gasteiger partial charge in [-0.2, -0.15) is 0 Å². The molecule has 0 saturated heterocycles. The van der Waals surface area contributed by atoms with Crippen molar-refractivity contribution >= 4 is 5.71 Å². The molecule has 1 unspecified atom stereocenters. The molecule has 0 heterocycles. The van der Waals surface area contributed by atoms with Crippen molar-refractivity contribution in [2.45, 2.75) is 39.2 Å². The van der Waals surface area contributed by atoms with Crippen LogP contribution in [0, 0.1) is 11.3 Å². The summed E-state index contributed by atoms with van der Waals surface area (Å²) in [7, 11) is 0. The molecular formula is C17H26N2. The second-order valence-corrected chi connectivity index (χ2v) is 5.41. The highest BCUT2D eigenvalue weighted by Crippen LogP contribution is 2.26. The number of rotatable bonds is 6. The molecule has 0 aliphatic heterocycles. The van der Waals surface area contributed by atoms with Crippen molar-refractivity contribution in [3.8, 4) is 0 Å². The van der Waals surface area contributed by atoms with Gasteiger partial charge in [0, 0.05) is 30.6 Å². The smallest absolute Gasteiger partial charge is 0.0173 e. The molecule has 19 heavy (non-hydrogen) atoms. The summed E-state index contributed by atoms with van der Waals surface area (Å²) in [4.78, 5) is 0. The first-order valence-electron chi connectivity index (χ1n) is 7.02. The Balaban J connectivity index is 2.60. The molecule has 2 N–H and O–H groups in total. The zero-order valence-corrected chi connectivity index (χ0v) is 12.2. The van der Waals surface area contributed by atoms with Gasteiger partial charge in [0.15, 0.2) is 0 Å². The number of hydrogen-bond acceptors (Lipinski definition) is 2. The first-order valence-corrected chi connectivity index (χ1v) is 7.02. The maximum atomic E-state index is 8.18. The molecule has 1 saturated carbocycles. The highest BCUT2D eigenvalue weighted by molar-refractivity contribution is 5.87. The van der Waals surface area contributed by atoms with Crippen LogP contribution in [0.5, 0.6) is 0 Å². The summed E-state index contributed by atoms with van der Waals surface area (Å²) in [5, 5.41) is 11.6. The predicted octanol–water partition coefficient (Wildman–Crippen LogP) is 4.03. The monoisotopic (exact) mass is 258 g/mol. The number of nitrogens with one attached hydrogen (secondary N) is 2. The van der Waals surface area contributed by atoms with E-state index < -0.39 is 0 Å². The van der Waals surface area contributed by atoms with E-state index in [1.54, 1.807) is 6.08 Å². The molecule has 0 spiro atoms. The predicted molar refractivity (Wildman–Crippen MR) is 84.8 cm³/mol. The van der Waals surface area contributed by atoms with E-state index in [4.69, 9.17) is 5.41 Å². The van der Waals surface area contributed by atoms with E-state index >= 15 is 0 Å². The molecule has 1 fully saturated rings. The van der Waals surface area contributed by atoms with Crippen molar-refractivity contribution in [2.24, 2.45) is 5.92 Å². The van der Waals surface area contributed by atoms with Crippen molar-refractivity contribution in [3.05, 3.63) is 48.6 Å². The van der Waals surface area contributed by atoms with Crippen LogP contribution < -0.4 is 5.32 Å². The zero-order valence-electron chi connectivity index (χ0n) is 12.2. The SMILES string of the molecule is C=C/C=C(C=C)/C=C1\CCC(CNC(C)C)C(=N)C1. The van der Waals surface area contributed by atoms with Gasteiger partial charge >= 0.3 is 0 Å². The molecule has 0 radical (unpaired) electrons. The maximum Gasteiger partial charge on any atom is 0.0173 e. The third-order valence-corrected chi connectivity index (χ3v) is 3.41. The van der Waals surface area contributed by atoms with Gasteiger partial charge in [-0.25, -0.2) is 0 Å².